The van der Waals surface area contributed by atoms with Crippen LogP contribution >= 0.6 is 0 Å². The summed E-state index contributed by atoms with van der Waals surface area (Å²) in [6, 6.07) is 0. The van der Waals surface area contributed by atoms with Crippen molar-refractivity contribution in [1.29, 1.82) is 0 Å². The van der Waals surface area contributed by atoms with Crippen molar-refractivity contribution in [1.82, 2.24) is 0 Å². The van der Waals surface area contributed by atoms with Crippen molar-refractivity contribution in [3.8, 4) is 0 Å². The third-order valence-electron chi connectivity index (χ3n) is 8.01. The molecule has 4 fully saturated rings. The molecule has 0 radical (unpaired) electrons. The van der Waals surface area contributed by atoms with Gasteiger partial charge in [-0.1, -0.05) is 6.92 Å². The van der Waals surface area contributed by atoms with Crippen molar-refractivity contribution in [2.24, 2.45) is 35.0 Å². The van der Waals surface area contributed by atoms with E-state index >= 15 is 0 Å². The number of rotatable bonds is 0. The van der Waals surface area contributed by atoms with Gasteiger partial charge in [0, 0.05) is 5.41 Å². The van der Waals surface area contributed by atoms with E-state index in [0.29, 0.717) is 12.5 Å². The zero-order valence-electron chi connectivity index (χ0n) is 14.1. The summed E-state index contributed by atoms with van der Waals surface area (Å²) in [5.74, 6) is 3.62. The molecule has 4 aliphatic rings. The second-order valence-corrected chi connectivity index (χ2v) is 9.27. The lowest BCUT2D eigenvalue weighted by atomic mass is 9.48. The standard InChI is InChI=1S/C19H32O3/c1-18(21)7-5-13-12(9-18)3-4-15-14(13)6-8-19(2)16(15)10-22-11-17(19)20/h12-17,20-21H,3-11H2,1-2H3/t12-,13+,14-,15-,16+,17+,18-,19+/m1/s1. The summed E-state index contributed by atoms with van der Waals surface area (Å²) in [5.41, 5.74) is -0.353. The van der Waals surface area contributed by atoms with Crippen molar-refractivity contribution in [2.75, 3.05) is 13.2 Å². The molecule has 0 aromatic heterocycles. The topological polar surface area (TPSA) is 49.7 Å². The number of fused-ring (bicyclic) bond motifs is 5. The van der Waals surface area contributed by atoms with E-state index in [1.807, 2.05) is 6.92 Å². The van der Waals surface area contributed by atoms with E-state index in [1.54, 1.807) is 0 Å². The van der Waals surface area contributed by atoms with Gasteiger partial charge in [0.25, 0.3) is 0 Å². The highest BCUT2D eigenvalue weighted by Gasteiger charge is 2.56. The molecule has 0 aromatic carbocycles. The first-order valence-corrected chi connectivity index (χ1v) is 9.39. The second kappa shape index (κ2) is 5.19. The summed E-state index contributed by atoms with van der Waals surface area (Å²) in [5, 5.41) is 20.9. The zero-order valence-corrected chi connectivity index (χ0v) is 14.1. The molecule has 1 aliphatic heterocycles. The van der Waals surface area contributed by atoms with E-state index in [-0.39, 0.29) is 11.5 Å². The van der Waals surface area contributed by atoms with Crippen LogP contribution in [0.3, 0.4) is 0 Å². The molecular weight excluding hydrogens is 276 g/mol. The van der Waals surface area contributed by atoms with Crippen molar-refractivity contribution in [2.45, 2.75) is 70.5 Å². The molecule has 3 heteroatoms. The van der Waals surface area contributed by atoms with Gasteiger partial charge in [0.2, 0.25) is 0 Å². The van der Waals surface area contributed by atoms with Crippen LogP contribution in [0.25, 0.3) is 0 Å². The van der Waals surface area contributed by atoms with Gasteiger partial charge in [-0.25, -0.2) is 0 Å². The van der Waals surface area contributed by atoms with Gasteiger partial charge < -0.3 is 14.9 Å². The summed E-state index contributed by atoms with van der Waals surface area (Å²) in [7, 11) is 0. The molecule has 3 saturated carbocycles. The highest BCUT2D eigenvalue weighted by molar-refractivity contribution is 5.05. The van der Waals surface area contributed by atoms with Crippen LogP contribution in [0, 0.1) is 35.0 Å². The Morgan fingerprint density at radius 3 is 2.50 bits per heavy atom. The molecule has 1 heterocycles. The minimum Gasteiger partial charge on any atom is -0.390 e. The summed E-state index contributed by atoms with van der Waals surface area (Å²) >= 11 is 0. The number of hydrogen-bond acceptors (Lipinski definition) is 3. The van der Waals surface area contributed by atoms with E-state index in [1.165, 1.54) is 25.7 Å². The van der Waals surface area contributed by atoms with Gasteiger partial charge >= 0.3 is 0 Å². The molecule has 0 spiro atoms. The monoisotopic (exact) mass is 308 g/mol. The number of aliphatic hydroxyl groups excluding tert-OH is 1. The van der Waals surface area contributed by atoms with Gasteiger partial charge in [0.1, 0.15) is 0 Å². The van der Waals surface area contributed by atoms with E-state index in [4.69, 9.17) is 4.74 Å². The van der Waals surface area contributed by atoms with Crippen molar-refractivity contribution >= 4 is 0 Å². The lowest BCUT2D eigenvalue weighted by Gasteiger charge is -2.59. The summed E-state index contributed by atoms with van der Waals surface area (Å²) in [4.78, 5) is 0. The molecule has 22 heavy (non-hydrogen) atoms. The zero-order chi connectivity index (χ0) is 15.5. The number of hydrogen-bond donors (Lipinski definition) is 2. The number of aliphatic hydroxyl groups is 2. The predicted molar refractivity (Wildman–Crippen MR) is 85.3 cm³/mol. The molecular formula is C19H32O3. The van der Waals surface area contributed by atoms with Crippen LogP contribution < -0.4 is 0 Å². The lowest BCUT2D eigenvalue weighted by Crippen LogP contribution is -2.58. The fourth-order valence-corrected chi connectivity index (χ4v) is 6.65. The van der Waals surface area contributed by atoms with E-state index < -0.39 is 5.60 Å². The third kappa shape index (κ3) is 2.27. The normalized spacial score (nSPS) is 58.4. The van der Waals surface area contributed by atoms with Crippen molar-refractivity contribution < 1.29 is 14.9 Å². The molecule has 0 amide bonds. The quantitative estimate of drug-likeness (QED) is 0.723. The SMILES string of the molecule is C[C@@]1(O)CC[C@H]2[C@H](CC[C@@H]3[C@@H]2CC[C@]2(C)[C@@H](O)COC[C@@H]32)C1. The van der Waals surface area contributed by atoms with E-state index in [0.717, 1.165) is 49.5 Å². The smallest absolute Gasteiger partial charge is 0.0830 e. The Bertz CT molecular complexity index is 434. The molecule has 1 saturated heterocycles. The molecule has 2 N–H and O–H groups in total. The average Bonchev–Trinajstić information content (AvgIpc) is 2.47. The predicted octanol–water partition coefficient (Wildman–Crippen LogP) is 2.99. The van der Waals surface area contributed by atoms with Gasteiger partial charge in [-0.2, -0.15) is 0 Å². The van der Waals surface area contributed by atoms with E-state index in [2.05, 4.69) is 6.92 Å². The molecule has 126 valence electrons. The highest BCUT2D eigenvalue weighted by Crippen LogP contribution is 2.60. The Labute approximate surface area is 134 Å². The first kappa shape index (κ1) is 15.4. The minimum atomic E-state index is -0.429. The van der Waals surface area contributed by atoms with Crippen LogP contribution in [0.5, 0.6) is 0 Å². The fraction of sp³-hybridized carbons (Fsp3) is 1.00. The lowest BCUT2D eigenvalue weighted by molar-refractivity contribution is -0.192. The summed E-state index contributed by atoms with van der Waals surface area (Å²) in [6.07, 6.45) is 7.87. The minimum absolute atomic E-state index is 0.0758. The van der Waals surface area contributed by atoms with Crippen LogP contribution in [0.1, 0.15) is 58.8 Å². The summed E-state index contributed by atoms with van der Waals surface area (Å²) < 4.78 is 5.74. The van der Waals surface area contributed by atoms with Crippen LogP contribution in [-0.2, 0) is 4.74 Å². The molecule has 0 unspecified atom stereocenters. The second-order valence-electron chi connectivity index (χ2n) is 9.27. The number of ether oxygens (including phenoxy) is 1. The van der Waals surface area contributed by atoms with Gasteiger partial charge in [0.15, 0.2) is 0 Å². The molecule has 4 rings (SSSR count). The van der Waals surface area contributed by atoms with Gasteiger partial charge in [0.05, 0.1) is 24.9 Å². The first-order valence-electron chi connectivity index (χ1n) is 9.39. The van der Waals surface area contributed by atoms with Crippen LogP contribution in [-0.4, -0.2) is 35.1 Å². The summed E-state index contributed by atoms with van der Waals surface area (Å²) in [6.45, 7) is 5.71. The van der Waals surface area contributed by atoms with Crippen molar-refractivity contribution in [3.05, 3.63) is 0 Å². The largest absolute Gasteiger partial charge is 0.390 e. The van der Waals surface area contributed by atoms with E-state index in [9.17, 15) is 10.2 Å². The average molecular weight is 308 g/mol. The Morgan fingerprint density at radius 1 is 0.909 bits per heavy atom. The molecule has 3 aliphatic carbocycles. The van der Waals surface area contributed by atoms with Crippen LogP contribution in [0.2, 0.25) is 0 Å². The molecule has 3 nitrogen and oxygen atoms in total. The van der Waals surface area contributed by atoms with Gasteiger partial charge in [-0.05, 0) is 81.5 Å². The first-order chi connectivity index (χ1) is 10.4. The van der Waals surface area contributed by atoms with Crippen LogP contribution in [0.4, 0.5) is 0 Å². The Kier molecular flexibility index (Phi) is 3.63. The maximum Gasteiger partial charge on any atom is 0.0830 e. The Balaban J connectivity index is 1.56. The van der Waals surface area contributed by atoms with Gasteiger partial charge in [-0.3, -0.25) is 0 Å². The highest BCUT2D eigenvalue weighted by atomic mass is 16.5. The van der Waals surface area contributed by atoms with Crippen molar-refractivity contribution in [3.63, 3.8) is 0 Å². The van der Waals surface area contributed by atoms with Crippen LogP contribution in [0.15, 0.2) is 0 Å². The molecule has 8 atom stereocenters. The van der Waals surface area contributed by atoms with Gasteiger partial charge in [-0.15, -0.1) is 0 Å². The maximum absolute atomic E-state index is 10.5. The molecule has 0 bridgehead atoms. The Hall–Kier alpha value is -0.120. The third-order valence-corrected chi connectivity index (χ3v) is 8.01. The maximum atomic E-state index is 10.5. The molecule has 0 aromatic rings. The fourth-order valence-electron chi connectivity index (χ4n) is 6.65. The Morgan fingerprint density at radius 2 is 1.68 bits per heavy atom.